The van der Waals surface area contributed by atoms with Crippen LogP contribution >= 0.6 is 0 Å². The van der Waals surface area contributed by atoms with Gasteiger partial charge in [-0.2, -0.15) is 5.10 Å². The predicted octanol–water partition coefficient (Wildman–Crippen LogP) is 2.44. The fraction of sp³-hybridized carbons (Fsp3) is 0.0667. The molecule has 4 nitrogen and oxygen atoms in total. The van der Waals surface area contributed by atoms with Gasteiger partial charge >= 0.3 is 6.03 Å². The molecule has 19 heavy (non-hydrogen) atoms. The van der Waals surface area contributed by atoms with Gasteiger partial charge in [-0.1, -0.05) is 60.7 Å². The summed E-state index contributed by atoms with van der Waals surface area (Å²) in [6, 6.07) is 19.1. The first kappa shape index (κ1) is 11.5. The molecule has 0 fully saturated rings. The van der Waals surface area contributed by atoms with Crippen LogP contribution in [-0.4, -0.2) is 11.7 Å². The molecule has 0 spiro atoms. The van der Waals surface area contributed by atoms with E-state index >= 15 is 0 Å². The van der Waals surface area contributed by atoms with E-state index in [1.165, 1.54) is 0 Å². The van der Waals surface area contributed by atoms with Crippen molar-refractivity contribution in [3.8, 4) is 0 Å². The summed E-state index contributed by atoms with van der Waals surface area (Å²) in [6.07, 6.45) is 0. The second kappa shape index (κ2) is 4.94. The molecule has 1 aliphatic heterocycles. The summed E-state index contributed by atoms with van der Waals surface area (Å²) < 4.78 is 0. The zero-order chi connectivity index (χ0) is 13.1. The molecule has 1 atom stereocenters. The molecule has 0 saturated carbocycles. The van der Waals surface area contributed by atoms with Crippen molar-refractivity contribution in [3.63, 3.8) is 0 Å². The average Bonchev–Trinajstić information content (AvgIpc) is 2.49. The lowest BCUT2D eigenvalue weighted by molar-refractivity contribution is 0.238. The lowest BCUT2D eigenvalue weighted by atomic mass is 9.96. The normalized spacial score (nSPS) is 18.2. The number of nitrogens with zero attached hydrogens (tertiary/aromatic N) is 1. The van der Waals surface area contributed by atoms with E-state index < -0.39 is 0 Å². The third-order valence-electron chi connectivity index (χ3n) is 3.03. The summed E-state index contributed by atoms with van der Waals surface area (Å²) in [5.74, 6) is 0. The Hall–Kier alpha value is -2.62. The Bertz CT molecular complexity index is 608. The molecule has 3 rings (SSSR count). The molecule has 2 aromatic carbocycles. The predicted molar refractivity (Wildman–Crippen MR) is 73.8 cm³/mol. The van der Waals surface area contributed by atoms with Gasteiger partial charge in [0.05, 0.1) is 5.71 Å². The quantitative estimate of drug-likeness (QED) is 0.846. The molecule has 0 radical (unpaired) electrons. The van der Waals surface area contributed by atoms with Crippen LogP contribution in [0.5, 0.6) is 0 Å². The van der Waals surface area contributed by atoms with Crippen LogP contribution in [0.15, 0.2) is 65.8 Å². The Morgan fingerprint density at radius 3 is 2.21 bits per heavy atom. The minimum absolute atomic E-state index is 0.225. The molecule has 2 N–H and O–H groups in total. The lowest BCUT2D eigenvalue weighted by Crippen LogP contribution is -2.44. The van der Waals surface area contributed by atoms with Gasteiger partial charge in [-0.3, -0.25) is 0 Å². The second-order valence-corrected chi connectivity index (χ2v) is 4.29. The molecule has 0 bridgehead atoms. The summed E-state index contributed by atoms with van der Waals surface area (Å²) >= 11 is 0. The number of urea groups is 1. The smallest absolute Gasteiger partial charge is 0.324 e. The molecule has 4 heteroatoms. The molecule has 0 aliphatic carbocycles. The maximum absolute atomic E-state index is 11.5. The number of hydrogen-bond acceptors (Lipinski definition) is 2. The fourth-order valence-electron chi connectivity index (χ4n) is 2.13. The van der Waals surface area contributed by atoms with Crippen LogP contribution in [0.2, 0.25) is 0 Å². The number of benzene rings is 2. The van der Waals surface area contributed by atoms with Gasteiger partial charge in [-0.05, 0) is 5.56 Å². The Morgan fingerprint density at radius 2 is 1.53 bits per heavy atom. The third-order valence-corrected chi connectivity index (χ3v) is 3.03. The Labute approximate surface area is 111 Å². The number of hydrazone groups is 1. The maximum atomic E-state index is 11.5. The van der Waals surface area contributed by atoms with E-state index in [4.69, 9.17) is 0 Å². The standard InChI is InChI=1S/C15H13N3O/c19-15-16-13(11-7-3-1-4-8-11)14(17-18-15)12-9-5-2-6-10-12/h1-10,13H,(H2,16,18,19)/t13-/m0/s1. The molecule has 1 aliphatic rings. The number of carbonyl (C=O) groups is 1. The van der Waals surface area contributed by atoms with Crippen LogP contribution in [0.4, 0.5) is 4.79 Å². The van der Waals surface area contributed by atoms with Crippen LogP contribution in [0.3, 0.4) is 0 Å². The highest BCUT2D eigenvalue weighted by atomic mass is 16.2. The first-order valence-electron chi connectivity index (χ1n) is 6.09. The first-order chi connectivity index (χ1) is 9.34. The third kappa shape index (κ3) is 2.33. The van der Waals surface area contributed by atoms with Crippen molar-refractivity contribution < 1.29 is 4.79 Å². The zero-order valence-electron chi connectivity index (χ0n) is 10.2. The van der Waals surface area contributed by atoms with Gasteiger partial charge in [0.15, 0.2) is 0 Å². The van der Waals surface area contributed by atoms with E-state index in [2.05, 4.69) is 15.8 Å². The highest BCUT2D eigenvalue weighted by Gasteiger charge is 2.25. The van der Waals surface area contributed by atoms with E-state index in [1.807, 2.05) is 60.7 Å². The van der Waals surface area contributed by atoms with Gasteiger partial charge < -0.3 is 5.32 Å². The van der Waals surface area contributed by atoms with Crippen molar-refractivity contribution in [1.82, 2.24) is 10.7 Å². The molecule has 94 valence electrons. The van der Waals surface area contributed by atoms with Crippen molar-refractivity contribution >= 4 is 11.7 Å². The van der Waals surface area contributed by atoms with Gasteiger partial charge in [0.25, 0.3) is 0 Å². The van der Waals surface area contributed by atoms with Crippen molar-refractivity contribution in [2.45, 2.75) is 6.04 Å². The largest absolute Gasteiger partial charge is 0.335 e. The molecular formula is C15H13N3O. The van der Waals surface area contributed by atoms with Crippen LogP contribution in [0, 0.1) is 0 Å². The van der Waals surface area contributed by atoms with E-state index in [-0.39, 0.29) is 12.1 Å². The molecule has 0 saturated heterocycles. The van der Waals surface area contributed by atoms with Crippen LogP contribution in [-0.2, 0) is 0 Å². The van der Waals surface area contributed by atoms with Crippen LogP contribution in [0.25, 0.3) is 0 Å². The fourth-order valence-corrected chi connectivity index (χ4v) is 2.13. The summed E-state index contributed by atoms with van der Waals surface area (Å²) in [6.45, 7) is 0. The van der Waals surface area contributed by atoms with E-state index in [1.54, 1.807) is 0 Å². The average molecular weight is 251 g/mol. The first-order valence-corrected chi connectivity index (χ1v) is 6.09. The Balaban J connectivity index is 2.03. The van der Waals surface area contributed by atoms with Crippen molar-refractivity contribution in [2.24, 2.45) is 5.10 Å². The Kier molecular flexibility index (Phi) is 2.98. The SMILES string of the molecule is O=C1NN=C(c2ccccc2)[C@H](c2ccccc2)N1. The number of carbonyl (C=O) groups excluding carboxylic acids is 1. The molecule has 0 aromatic heterocycles. The highest BCUT2D eigenvalue weighted by Crippen LogP contribution is 2.20. The summed E-state index contributed by atoms with van der Waals surface area (Å²) in [5, 5.41) is 7.09. The molecular weight excluding hydrogens is 238 g/mol. The number of nitrogens with one attached hydrogen (secondary N) is 2. The number of rotatable bonds is 2. The van der Waals surface area contributed by atoms with E-state index in [9.17, 15) is 4.79 Å². The van der Waals surface area contributed by atoms with Gasteiger partial charge in [0.1, 0.15) is 6.04 Å². The van der Waals surface area contributed by atoms with Crippen molar-refractivity contribution in [1.29, 1.82) is 0 Å². The minimum atomic E-state index is -0.284. The van der Waals surface area contributed by atoms with Crippen LogP contribution in [0.1, 0.15) is 17.2 Å². The second-order valence-electron chi connectivity index (χ2n) is 4.29. The minimum Gasteiger partial charge on any atom is -0.324 e. The topological polar surface area (TPSA) is 53.5 Å². The lowest BCUT2D eigenvalue weighted by Gasteiger charge is -2.25. The molecule has 1 heterocycles. The van der Waals surface area contributed by atoms with Gasteiger partial charge in [0, 0.05) is 5.56 Å². The van der Waals surface area contributed by atoms with Gasteiger partial charge in [0.2, 0.25) is 0 Å². The maximum Gasteiger partial charge on any atom is 0.335 e. The van der Waals surface area contributed by atoms with Crippen molar-refractivity contribution in [2.75, 3.05) is 0 Å². The molecule has 2 amide bonds. The number of amides is 2. The number of hydrogen-bond donors (Lipinski definition) is 2. The molecule has 2 aromatic rings. The Morgan fingerprint density at radius 1 is 0.895 bits per heavy atom. The zero-order valence-corrected chi connectivity index (χ0v) is 10.2. The highest BCUT2D eigenvalue weighted by molar-refractivity contribution is 6.08. The van der Waals surface area contributed by atoms with Gasteiger partial charge in [-0.15, -0.1) is 0 Å². The van der Waals surface area contributed by atoms with Crippen molar-refractivity contribution in [3.05, 3.63) is 71.8 Å². The monoisotopic (exact) mass is 251 g/mol. The van der Waals surface area contributed by atoms with E-state index in [0.29, 0.717) is 0 Å². The van der Waals surface area contributed by atoms with Gasteiger partial charge in [-0.25, -0.2) is 10.2 Å². The van der Waals surface area contributed by atoms with Crippen LogP contribution < -0.4 is 10.7 Å². The van der Waals surface area contributed by atoms with E-state index in [0.717, 1.165) is 16.8 Å². The molecule has 0 unspecified atom stereocenters. The summed E-state index contributed by atoms with van der Waals surface area (Å²) in [5.41, 5.74) is 5.28. The summed E-state index contributed by atoms with van der Waals surface area (Å²) in [4.78, 5) is 11.5. The summed E-state index contributed by atoms with van der Waals surface area (Å²) in [7, 11) is 0.